The Morgan fingerprint density at radius 3 is 2.38 bits per heavy atom. The van der Waals surface area contributed by atoms with Crippen LogP contribution < -0.4 is 0 Å². The lowest BCUT2D eigenvalue weighted by atomic mass is 9.98. The molecule has 4 atom stereocenters. The predicted octanol–water partition coefficient (Wildman–Crippen LogP) is 5.17. The molecule has 5 nitrogen and oxygen atoms in total. The van der Waals surface area contributed by atoms with Crippen molar-refractivity contribution in [1.82, 2.24) is 4.90 Å². The number of nitrogens with zero attached hydrogens (tertiary/aromatic N) is 1. The molecule has 1 aromatic carbocycles. The minimum Gasteiger partial charge on any atom is -0.464 e. The molecule has 2 aliphatic rings. The van der Waals surface area contributed by atoms with Crippen LogP contribution in [-0.2, 0) is 19.1 Å². The van der Waals surface area contributed by atoms with Crippen LogP contribution in [0.3, 0.4) is 0 Å². The van der Waals surface area contributed by atoms with Crippen LogP contribution in [0.4, 0.5) is 0 Å². The van der Waals surface area contributed by atoms with Gasteiger partial charge in [0.25, 0.3) is 0 Å². The molecular weight excluding hydrogens is 402 g/mol. The Balaban J connectivity index is 1.50. The summed E-state index contributed by atoms with van der Waals surface area (Å²) in [5.41, 5.74) is 0.824. The summed E-state index contributed by atoms with van der Waals surface area (Å²) in [5, 5.41) is 0. The zero-order chi connectivity index (χ0) is 22.8. The van der Waals surface area contributed by atoms with E-state index in [1.165, 1.54) is 12.8 Å². The van der Waals surface area contributed by atoms with E-state index < -0.39 is 5.92 Å². The van der Waals surface area contributed by atoms with E-state index in [0.717, 1.165) is 31.2 Å². The number of allylic oxidation sites excluding steroid dienone is 4. The number of piperidine rings is 1. The molecule has 3 rings (SSSR count). The SMILES string of the molecule is C/C=C/CC/C=C/CCC(=O)OCC(C(=O)OC1C[C@H]2CC[C@@H](C1)N2C)c1ccccc1. The fraction of sp³-hybridized carbons (Fsp3) is 0.556. The molecule has 2 bridgehead atoms. The predicted molar refractivity (Wildman–Crippen MR) is 126 cm³/mol. The highest BCUT2D eigenvalue weighted by molar-refractivity contribution is 5.79. The maximum absolute atomic E-state index is 13.1. The van der Waals surface area contributed by atoms with Gasteiger partial charge in [-0.2, -0.15) is 0 Å². The highest BCUT2D eigenvalue weighted by Crippen LogP contribution is 2.36. The lowest BCUT2D eigenvalue weighted by Gasteiger charge is -2.36. The summed E-state index contributed by atoms with van der Waals surface area (Å²) in [6.45, 7) is 2.03. The maximum Gasteiger partial charge on any atom is 0.317 e. The molecule has 2 unspecified atom stereocenters. The number of hydrogen-bond donors (Lipinski definition) is 0. The average molecular weight is 440 g/mol. The third-order valence-corrected chi connectivity index (χ3v) is 6.65. The van der Waals surface area contributed by atoms with Gasteiger partial charge in [-0.1, -0.05) is 54.6 Å². The van der Waals surface area contributed by atoms with Gasteiger partial charge in [-0.25, -0.2) is 0 Å². The first-order chi connectivity index (χ1) is 15.6. The van der Waals surface area contributed by atoms with Gasteiger partial charge in [-0.05, 0) is 64.5 Å². The van der Waals surface area contributed by atoms with Crippen molar-refractivity contribution < 1.29 is 19.1 Å². The molecule has 174 valence electrons. The van der Waals surface area contributed by atoms with E-state index >= 15 is 0 Å². The van der Waals surface area contributed by atoms with Crippen molar-refractivity contribution in [3.8, 4) is 0 Å². The van der Waals surface area contributed by atoms with Crippen molar-refractivity contribution in [3.05, 3.63) is 60.2 Å². The first-order valence-corrected chi connectivity index (χ1v) is 12.0. The third kappa shape index (κ3) is 7.06. The number of rotatable bonds is 11. The summed E-state index contributed by atoms with van der Waals surface area (Å²) in [6, 6.07) is 10.5. The summed E-state index contributed by atoms with van der Waals surface area (Å²) in [6.07, 6.45) is 15.3. The van der Waals surface area contributed by atoms with Gasteiger partial charge in [0.05, 0.1) is 0 Å². The first-order valence-electron chi connectivity index (χ1n) is 12.0. The smallest absolute Gasteiger partial charge is 0.317 e. The van der Waals surface area contributed by atoms with Crippen molar-refractivity contribution in [2.24, 2.45) is 0 Å². The van der Waals surface area contributed by atoms with Crippen LogP contribution in [0.2, 0.25) is 0 Å². The van der Waals surface area contributed by atoms with Crippen LogP contribution in [0.1, 0.15) is 69.8 Å². The lowest BCUT2D eigenvalue weighted by Crippen LogP contribution is -2.44. The number of carbonyl (C=O) groups excluding carboxylic acids is 2. The Morgan fingerprint density at radius 1 is 1.03 bits per heavy atom. The zero-order valence-electron chi connectivity index (χ0n) is 19.4. The van der Waals surface area contributed by atoms with Crippen molar-refractivity contribution in [1.29, 1.82) is 0 Å². The van der Waals surface area contributed by atoms with Crippen molar-refractivity contribution in [3.63, 3.8) is 0 Å². The van der Waals surface area contributed by atoms with Crippen LogP contribution in [0.25, 0.3) is 0 Å². The Bertz CT molecular complexity index is 774. The standard InChI is InChI=1S/C27H37NO4/c1-3-4-5-6-7-8-12-15-26(29)31-20-25(21-13-10-9-11-14-21)27(30)32-24-18-22-16-17-23(19-24)28(22)2/h3-4,7-11,13-14,22-25H,5-6,12,15-20H2,1-2H3/b4-3+,8-7+/t22-,23+,24?,25?. The summed E-state index contributed by atoms with van der Waals surface area (Å²) in [4.78, 5) is 27.7. The minimum atomic E-state index is -0.589. The van der Waals surface area contributed by atoms with Crippen molar-refractivity contribution >= 4 is 11.9 Å². The quantitative estimate of drug-likeness (QED) is 0.270. The second kappa shape index (κ2) is 12.6. The molecule has 2 saturated heterocycles. The topological polar surface area (TPSA) is 55.8 Å². The minimum absolute atomic E-state index is 0.0200. The first kappa shape index (κ1) is 24.2. The van der Waals surface area contributed by atoms with Gasteiger partial charge in [0.2, 0.25) is 0 Å². The molecule has 1 aromatic rings. The molecule has 0 spiro atoms. The van der Waals surface area contributed by atoms with E-state index in [1.54, 1.807) is 0 Å². The second-order valence-electron chi connectivity index (χ2n) is 8.88. The van der Waals surface area contributed by atoms with Crippen LogP contribution in [0.5, 0.6) is 0 Å². The molecule has 0 N–H and O–H groups in total. The number of esters is 2. The summed E-state index contributed by atoms with van der Waals surface area (Å²) in [5.74, 6) is -1.16. The summed E-state index contributed by atoms with van der Waals surface area (Å²) >= 11 is 0. The second-order valence-corrected chi connectivity index (χ2v) is 8.88. The zero-order valence-corrected chi connectivity index (χ0v) is 19.4. The Labute approximate surface area is 192 Å². The van der Waals surface area contributed by atoms with Crippen LogP contribution in [0, 0.1) is 0 Å². The van der Waals surface area contributed by atoms with E-state index in [2.05, 4.69) is 24.1 Å². The molecule has 5 heteroatoms. The molecule has 0 saturated carbocycles. The molecule has 0 radical (unpaired) electrons. The van der Waals surface area contributed by atoms with Crippen LogP contribution in [-0.4, -0.2) is 48.7 Å². The Hall–Kier alpha value is -2.40. The van der Waals surface area contributed by atoms with Gasteiger partial charge in [0.15, 0.2) is 0 Å². The lowest BCUT2D eigenvalue weighted by molar-refractivity contribution is -0.157. The van der Waals surface area contributed by atoms with Gasteiger partial charge in [0.1, 0.15) is 18.6 Å². The summed E-state index contributed by atoms with van der Waals surface area (Å²) in [7, 11) is 2.17. The normalized spacial score (nSPS) is 24.1. The number of unbranched alkanes of at least 4 members (excludes halogenated alkanes) is 1. The Kier molecular flexibility index (Phi) is 9.54. The fourth-order valence-corrected chi connectivity index (χ4v) is 4.73. The molecule has 2 heterocycles. The number of hydrogen-bond acceptors (Lipinski definition) is 5. The third-order valence-electron chi connectivity index (χ3n) is 6.65. The van der Waals surface area contributed by atoms with Gasteiger partial charge < -0.3 is 14.4 Å². The molecule has 32 heavy (non-hydrogen) atoms. The molecular formula is C27H37NO4. The number of benzene rings is 1. The van der Waals surface area contributed by atoms with E-state index in [1.807, 2.05) is 49.4 Å². The van der Waals surface area contributed by atoms with Crippen molar-refractivity contribution in [2.75, 3.05) is 13.7 Å². The van der Waals surface area contributed by atoms with E-state index in [9.17, 15) is 9.59 Å². The number of carbonyl (C=O) groups is 2. The monoisotopic (exact) mass is 439 g/mol. The fourth-order valence-electron chi connectivity index (χ4n) is 4.73. The molecule has 0 amide bonds. The van der Waals surface area contributed by atoms with E-state index in [-0.39, 0.29) is 24.6 Å². The van der Waals surface area contributed by atoms with Gasteiger partial charge in [-0.3, -0.25) is 9.59 Å². The average Bonchev–Trinajstić information content (AvgIpc) is 2.99. The largest absolute Gasteiger partial charge is 0.464 e. The summed E-state index contributed by atoms with van der Waals surface area (Å²) < 4.78 is 11.4. The van der Waals surface area contributed by atoms with Crippen LogP contribution >= 0.6 is 0 Å². The van der Waals surface area contributed by atoms with E-state index in [4.69, 9.17) is 9.47 Å². The highest BCUT2D eigenvalue weighted by atomic mass is 16.6. The molecule has 0 aromatic heterocycles. The van der Waals surface area contributed by atoms with Gasteiger partial charge in [0, 0.05) is 18.5 Å². The number of ether oxygens (including phenoxy) is 2. The maximum atomic E-state index is 13.1. The van der Waals surface area contributed by atoms with Gasteiger partial charge >= 0.3 is 11.9 Å². The number of fused-ring (bicyclic) bond motifs is 2. The molecule has 2 aliphatic heterocycles. The van der Waals surface area contributed by atoms with E-state index in [0.29, 0.717) is 24.9 Å². The van der Waals surface area contributed by atoms with Gasteiger partial charge in [-0.15, -0.1) is 0 Å². The van der Waals surface area contributed by atoms with Crippen LogP contribution in [0.15, 0.2) is 54.6 Å². The highest BCUT2D eigenvalue weighted by Gasteiger charge is 2.40. The Morgan fingerprint density at radius 2 is 1.69 bits per heavy atom. The van der Waals surface area contributed by atoms with Crippen molar-refractivity contribution in [2.45, 2.75) is 82.4 Å². The molecule has 2 fully saturated rings. The molecule has 0 aliphatic carbocycles.